The molecule has 0 atom stereocenters. The number of fused-ring (bicyclic) bond motifs is 1. The van der Waals surface area contributed by atoms with Gasteiger partial charge >= 0.3 is 0 Å². The summed E-state index contributed by atoms with van der Waals surface area (Å²) in [5, 5.41) is 8.64. The minimum Gasteiger partial charge on any atom is -0.348 e. The van der Waals surface area contributed by atoms with Crippen LogP contribution in [0.3, 0.4) is 0 Å². The van der Waals surface area contributed by atoms with Crippen LogP contribution in [0.25, 0.3) is 5.65 Å². The SMILES string of the molecule is O=C(C[NH+]1CC[NH+](Cn2nc3c(Cl)cc(Cl)cn3c2=S)CC1)NC1CC1. The van der Waals surface area contributed by atoms with E-state index in [0.717, 1.165) is 39.0 Å². The molecular formula is C16H22Cl2N6OS+2. The summed E-state index contributed by atoms with van der Waals surface area (Å²) in [6.45, 7) is 5.18. The summed E-state index contributed by atoms with van der Waals surface area (Å²) in [5.74, 6) is 0.181. The van der Waals surface area contributed by atoms with Gasteiger partial charge in [0.05, 0.1) is 10.0 Å². The van der Waals surface area contributed by atoms with Crippen molar-refractivity contribution < 1.29 is 14.6 Å². The molecule has 0 spiro atoms. The number of carbonyl (C=O) groups excluding carboxylic acids is 1. The van der Waals surface area contributed by atoms with E-state index in [2.05, 4.69) is 10.4 Å². The first-order valence-electron chi connectivity index (χ1n) is 8.90. The first-order chi connectivity index (χ1) is 12.5. The number of piperazine rings is 1. The molecule has 1 aliphatic carbocycles. The molecular weight excluding hydrogens is 395 g/mol. The van der Waals surface area contributed by atoms with Crippen molar-refractivity contribution >= 4 is 47.0 Å². The van der Waals surface area contributed by atoms with Crippen molar-refractivity contribution in [3.63, 3.8) is 0 Å². The molecule has 140 valence electrons. The van der Waals surface area contributed by atoms with Gasteiger partial charge in [0, 0.05) is 12.2 Å². The zero-order valence-electron chi connectivity index (χ0n) is 14.3. The highest BCUT2D eigenvalue weighted by molar-refractivity contribution is 7.71. The van der Waals surface area contributed by atoms with Gasteiger partial charge in [-0.15, -0.1) is 5.10 Å². The van der Waals surface area contributed by atoms with Gasteiger partial charge in [0.25, 0.3) is 5.91 Å². The van der Waals surface area contributed by atoms with Gasteiger partial charge < -0.3 is 15.1 Å². The molecule has 0 radical (unpaired) electrons. The molecule has 0 aromatic carbocycles. The third-order valence-corrected chi connectivity index (χ3v) is 5.88. The number of halogens is 2. The predicted octanol–water partition coefficient (Wildman–Crippen LogP) is -0.808. The summed E-state index contributed by atoms with van der Waals surface area (Å²) in [5.41, 5.74) is 0.626. The predicted molar refractivity (Wildman–Crippen MR) is 101 cm³/mol. The van der Waals surface area contributed by atoms with E-state index in [-0.39, 0.29) is 5.91 Å². The van der Waals surface area contributed by atoms with Gasteiger partial charge in [0.1, 0.15) is 26.2 Å². The highest BCUT2D eigenvalue weighted by atomic mass is 35.5. The standard InChI is InChI=1S/C16H20Cl2N6OS/c17-11-7-13(18)15-20-24(16(26)23(15)8-11)10-22-5-3-21(4-6-22)9-14(25)19-12-1-2-12/h7-8,12H,1-6,9-10H2,(H,19,25)/p+2. The number of nitrogens with zero attached hydrogens (tertiary/aromatic N) is 3. The Hall–Kier alpha value is -1.19. The maximum absolute atomic E-state index is 11.9. The van der Waals surface area contributed by atoms with Crippen molar-refractivity contribution in [1.29, 1.82) is 0 Å². The second-order valence-corrected chi connectivity index (χ2v) is 8.37. The van der Waals surface area contributed by atoms with Crippen LogP contribution in [0.2, 0.25) is 10.0 Å². The fraction of sp³-hybridized carbons (Fsp3) is 0.562. The van der Waals surface area contributed by atoms with E-state index in [1.807, 2.05) is 4.68 Å². The number of hydrogen-bond donors (Lipinski definition) is 3. The number of amides is 1. The topological polar surface area (TPSA) is 60.2 Å². The highest BCUT2D eigenvalue weighted by Gasteiger charge is 2.28. The van der Waals surface area contributed by atoms with Gasteiger partial charge in [-0.05, 0) is 31.1 Å². The molecule has 1 saturated heterocycles. The molecule has 3 heterocycles. The van der Waals surface area contributed by atoms with E-state index >= 15 is 0 Å². The highest BCUT2D eigenvalue weighted by Crippen LogP contribution is 2.21. The quantitative estimate of drug-likeness (QED) is 0.558. The van der Waals surface area contributed by atoms with E-state index in [1.165, 1.54) is 9.80 Å². The molecule has 2 aromatic heterocycles. The minimum atomic E-state index is 0.181. The molecule has 2 fully saturated rings. The van der Waals surface area contributed by atoms with Gasteiger partial charge in [-0.25, -0.2) is 0 Å². The van der Waals surface area contributed by atoms with Gasteiger partial charge in [0.2, 0.25) is 4.77 Å². The van der Waals surface area contributed by atoms with Gasteiger partial charge in [-0.1, -0.05) is 23.2 Å². The molecule has 3 N–H and O–H groups in total. The number of quaternary nitrogens is 2. The summed E-state index contributed by atoms with van der Waals surface area (Å²) in [6, 6.07) is 2.11. The Labute approximate surface area is 166 Å². The zero-order chi connectivity index (χ0) is 18.3. The lowest BCUT2D eigenvalue weighted by atomic mass is 10.3. The van der Waals surface area contributed by atoms with Crippen LogP contribution in [0.4, 0.5) is 0 Å². The van der Waals surface area contributed by atoms with Crippen LogP contribution in [0, 0.1) is 4.77 Å². The second kappa shape index (κ2) is 7.44. The lowest BCUT2D eigenvalue weighted by molar-refractivity contribution is -1.02. The Kier molecular flexibility index (Phi) is 5.20. The normalized spacial score (nSPS) is 23.3. The van der Waals surface area contributed by atoms with Crippen molar-refractivity contribution in [2.45, 2.75) is 25.6 Å². The summed E-state index contributed by atoms with van der Waals surface area (Å²) in [6.07, 6.45) is 4.01. The molecule has 1 saturated carbocycles. The maximum Gasteiger partial charge on any atom is 0.275 e. The lowest BCUT2D eigenvalue weighted by Crippen LogP contribution is -3.28. The van der Waals surface area contributed by atoms with Crippen LogP contribution in [-0.4, -0.2) is 58.9 Å². The van der Waals surface area contributed by atoms with Crippen LogP contribution in [0.5, 0.6) is 0 Å². The number of nitrogens with one attached hydrogen (secondary N) is 3. The van der Waals surface area contributed by atoms with Crippen molar-refractivity contribution in [2.75, 3.05) is 32.7 Å². The molecule has 4 rings (SSSR count). The van der Waals surface area contributed by atoms with E-state index in [4.69, 9.17) is 35.4 Å². The Morgan fingerprint density at radius 2 is 1.96 bits per heavy atom. The molecule has 1 amide bonds. The largest absolute Gasteiger partial charge is 0.348 e. The summed E-state index contributed by atoms with van der Waals surface area (Å²) in [4.78, 5) is 14.7. The van der Waals surface area contributed by atoms with E-state index < -0.39 is 0 Å². The van der Waals surface area contributed by atoms with Crippen LogP contribution in [0.15, 0.2) is 12.3 Å². The Morgan fingerprint density at radius 3 is 2.65 bits per heavy atom. The number of carbonyl (C=O) groups is 1. The number of aromatic nitrogens is 3. The summed E-state index contributed by atoms with van der Waals surface area (Å²) in [7, 11) is 0. The minimum absolute atomic E-state index is 0.181. The maximum atomic E-state index is 11.9. The number of rotatable bonds is 5. The Balaban J connectivity index is 1.36. The molecule has 26 heavy (non-hydrogen) atoms. The average Bonchev–Trinajstić information content (AvgIpc) is 3.35. The van der Waals surface area contributed by atoms with Crippen molar-refractivity contribution in [3.05, 3.63) is 27.1 Å². The van der Waals surface area contributed by atoms with Gasteiger partial charge in [-0.3, -0.25) is 9.20 Å². The van der Waals surface area contributed by atoms with Crippen LogP contribution in [0.1, 0.15) is 12.8 Å². The zero-order valence-corrected chi connectivity index (χ0v) is 16.6. The van der Waals surface area contributed by atoms with Crippen molar-refractivity contribution in [3.8, 4) is 0 Å². The molecule has 1 aliphatic heterocycles. The summed E-state index contributed by atoms with van der Waals surface area (Å²) < 4.78 is 4.16. The average molecular weight is 417 g/mol. The summed E-state index contributed by atoms with van der Waals surface area (Å²) >= 11 is 17.8. The number of pyridine rings is 1. The molecule has 2 aliphatic rings. The first-order valence-corrected chi connectivity index (χ1v) is 10.1. The first kappa shape index (κ1) is 18.2. The Morgan fingerprint density at radius 1 is 1.27 bits per heavy atom. The van der Waals surface area contributed by atoms with E-state index in [9.17, 15) is 4.79 Å². The molecule has 2 aromatic rings. The van der Waals surface area contributed by atoms with Crippen LogP contribution >= 0.6 is 35.4 Å². The van der Waals surface area contributed by atoms with Crippen LogP contribution < -0.4 is 15.1 Å². The second-order valence-electron chi connectivity index (χ2n) is 7.16. The van der Waals surface area contributed by atoms with Crippen LogP contribution in [-0.2, 0) is 11.5 Å². The lowest BCUT2D eigenvalue weighted by Gasteiger charge is -2.29. The third-order valence-electron chi connectivity index (χ3n) is 4.99. The Bertz CT molecular complexity index is 885. The fourth-order valence-electron chi connectivity index (χ4n) is 3.39. The molecule has 10 heteroatoms. The monoisotopic (exact) mass is 416 g/mol. The molecule has 0 unspecified atom stereocenters. The third kappa shape index (κ3) is 4.04. The number of hydrogen-bond acceptors (Lipinski definition) is 3. The van der Waals surface area contributed by atoms with E-state index in [1.54, 1.807) is 16.7 Å². The fourth-order valence-corrected chi connectivity index (χ4v) is 4.14. The van der Waals surface area contributed by atoms with Crippen molar-refractivity contribution in [1.82, 2.24) is 19.5 Å². The van der Waals surface area contributed by atoms with Gasteiger partial charge in [-0.2, -0.15) is 4.68 Å². The smallest absolute Gasteiger partial charge is 0.275 e. The molecule has 7 nitrogen and oxygen atoms in total. The van der Waals surface area contributed by atoms with Crippen molar-refractivity contribution in [2.24, 2.45) is 0 Å². The van der Waals surface area contributed by atoms with E-state index in [0.29, 0.717) is 39.7 Å². The molecule has 0 bridgehead atoms. The van der Waals surface area contributed by atoms with Gasteiger partial charge in [0.15, 0.2) is 18.9 Å².